The Balaban J connectivity index is 0.00000216. The summed E-state index contributed by atoms with van der Waals surface area (Å²) < 4.78 is 21.6. The number of halogens is 1. The minimum absolute atomic E-state index is 0.0113. The van der Waals surface area contributed by atoms with Crippen LogP contribution in [0.5, 0.6) is 5.75 Å². The molecule has 3 amide bonds. The Morgan fingerprint density at radius 3 is 2.42 bits per heavy atom. The van der Waals surface area contributed by atoms with Crippen LogP contribution in [0.4, 0.5) is 27.4 Å². The van der Waals surface area contributed by atoms with E-state index >= 15 is 0 Å². The molecule has 0 aliphatic heterocycles. The van der Waals surface area contributed by atoms with Gasteiger partial charge in [-0.1, -0.05) is 13.8 Å². The Bertz CT molecular complexity index is 1400. The van der Waals surface area contributed by atoms with E-state index in [1.807, 2.05) is 13.8 Å². The van der Waals surface area contributed by atoms with Crippen molar-refractivity contribution in [1.82, 2.24) is 25.3 Å². The van der Waals surface area contributed by atoms with Crippen molar-refractivity contribution < 1.29 is 38.8 Å². The van der Waals surface area contributed by atoms with Crippen LogP contribution in [0.1, 0.15) is 37.2 Å². The number of benzene rings is 1. The highest BCUT2D eigenvalue weighted by atomic mass is 19.1. The smallest absolute Gasteiger partial charge is 0.369 e. The number of hydrogen-bond acceptors (Lipinski definition) is 11. The predicted molar refractivity (Wildman–Crippen MR) is 140 cm³/mol. The van der Waals surface area contributed by atoms with Crippen molar-refractivity contribution >= 4 is 41.2 Å². The number of hydrogen-bond donors (Lipinski definition) is 7. The highest BCUT2D eigenvalue weighted by molar-refractivity contribution is 6.00. The molecule has 15 nitrogen and oxygen atoms in total. The van der Waals surface area contributed by atoms with Crippen LogP contribution in [-0.2, 0) is 16.6 Å². The molecule has 0 radical (unpaired) electrons. The molecule has 4 rings (SSSR count). The molecule has 0 saturated heterocycles. The zero-order valence-corrected chi connectivity index (χ0v) is 22.0. The summed E-state index contributed by atoms with van der Waals surface area (Å²) >= 11 is 0. The molecule has 0 bridgehead atoms. The maximum atomic E-state index is 14.8. The average Bonchev–Trinajstić information content (AvgIpc) is 3.68. The molecular weight excluding hydrogens is 531 g/mol. The van der Waals surface area contributed by atoms with E-state index in [0.29, 0.717) is 12.2 Å². The number of anilines is 4. The molecule has 7 N–H and O–H groups in total. The summed E-state index contributed by atoms with van der Waals surface area (Å²) in [6.45, 7) is 4.00. The first-order valence-electron chi connectivity index (χ1n) is 12.1. The maximum absolute atomic E-state index is 14.8. The van der Waals surface area contributed by atoms with Crippen LogP contribution in [0.25, 0.3) is 11.3 Å². The van der Waals surface area contributed by atoms with Gasteiger partial charge in [0.05, 0.1) is 24.2 Å². The molecule has 2 aromatic heterocycles. The first-order chi connectivity index (χ1) is 19.0. The Kier molecular flexibility index (Phi) is 9.31. The van der Waals surface area contributed by atoms with Crippen LogP contribution in [-0.4, -0.2) is 66.7 Å². The summed E-state index contributed by atoms with van der Waals surface area (Å²) in [6, 6.07) is 4.90. The van der Waals surface area contributed by atoms with E-state index < -0.39 is 23.5 Å². The molecule has 0 atom stereocenters. The summed E-state index contributed by atoms with van der Waals surface area (Å²) in [5, 5.41) is 48.5. The van der Waals surface area contributed by atoms with Gasteiger partial charge in [0.15, 0.2) is 17.3 Å². The molecule has 1 aromatic carbocycles. The zero-order valence-electron chi connectivity index (χ0n) is 22.0. The first-order valence-corrected chi connectivity index (χ1v) is 12.1. The topological polar surface area (TPSA) is 213 Å². The van der Waals surface area contributed by atoms with Crippen molar-refractivity contribution in [3.8, 4) is 17.0 Å². The summed E-state index contributed by atoms with van der Waals surface area (Å²) in [7, 11) is 2.88. The van der Waals surface area contributed by atoms with Gasteiger partial charge >= 0.3 is 6.10 Å². The standard InChI is InChI=1S/C22H23FN8O7.C2H6/c1-31-17(24-9-32)8-13(30-31)12-5-11(23)6-15(19(12)38-2)25-14-7-16(26-20(33)10-3-4-10)28-29-18(14)21(34)27-22(35,36)37;1-2/h5-10,35-37H,3-4H2,1-2H3,(H,24,32)(H,27,34)(H2,25,26,28,33);1-2H3. The van der Waals surface area contributed by atoms with Crippen LogP contribution in [0, 0.1) is 11.7 Å². The van der Waals surface area contributed by atoms with E-state index in [4.69, 9.17) is 20.1 Å². The number of rotatable bonds is 10. The van der Waals surface area contributed by atoms with Crippen LogP contribution < -0.4 is 26.0 Å². The van der Waals surface area contributed by atoms with E-state index in [0.717, 1.165) is 25.0 Å². The van der Waals surface area contributed by atoms with E-state index in [-0.39, 0.29) is 46.0 Å². The number of nitrogens with zero attached hydrogens (tertiary/aromatic N) is 4. The van der Waals surface area contributed by atoms with Gasteiger partial charge in [-0.05, 0) is 18.9 Å². The highest BCUT2D eigenvalue weighted by Crippen LogP contribution is 2.39. The van der Waals surface area contributed by atoms with Gasteiger partial charge in [-0.15, -0.1) is 10.2 Å². The van der Waals surface area contributed by atoms with E-state index in [1.165, 1.54) is 29.2 Å². The van der Waals surface area contributed by atoms with Gasteiger partial charge in [0.1, 0.15) is 11.6 Å². The second-order valence-corrected chi connectivity index (χ2v) is 8.30. The van der Waals surface area contributed by atoms with Crippen LogP contribution in [0.2, 0.25) is 0 Å². The van der Waals surface area contributed by atoms with Crippen LogP contribution >= 0.6 is 0 Å². The molecule has 1 saturated carbocycles. The number of aliphatic hydroxyl groups is 3. The third-order valence-electron chi connectivity index (χ3n) is 5.38. The largest absolute Gasteiger partial charge is 0.494 e. The lowest BCUT2D eigenvalue weighted by Crippen LogP contribution is -2.48. The molecule has 0 spiro atoms. The molecule has 40 heavy (non-hydrogen) atoms. The minimum Gasteiger partial charge on any atom is -0.494 e. The zero-order chi connectivity index (χ0) is 29.6. The SMILES string of the molecule is CC.COc1c(Nc2cc(NC(=O)C3CC3)nnc2C(=O)NC(O)(O)O)cc(F)cc1-c1cc(NC=O)n(C)n1. The molecule has 0 unspecified atom stereocenters. The number of methoxy groups -OCH3 is 1. The van der Waals surface area contributed by atoms with Crippen molar-refractivity contribution in [2.75, 3.05) is 23.1 Å². The van der Waals surface area contributed by atoms with Crippen molar-refractivity contribution in [1.29, 1.82) is 0 Å². The number of nitrogens with one attached hydrogen (secondary N) is 4. The van der Waals surface area contributed by atoms with Crippen molar-refractivity contribution in [2.24, 2.45) is 13.0 Å². The third-order valence-corrected chi connectivity index (χ3v) is 5.38. The molecular formula is C24H29FN8O7. The normalized spacial score (nSPS) is 12.5. The van der Waals surface area contributed by atoms with Gasteiger partial charge in [-0.2, -0.15) is 5.10 Å². The summed E-state index contributed by atoms with van der Waals surface area (Å²) in [4.78, 5) is 35.6. The Morgan fingerprint density at radius 2 is 1.82 bits per heavy atom. The van der Waals surface area contributed by atoms with Crippen LogP contribution in [0.15, 0.2) is 24.3 Å². The second kappa shape index (κ2) is 12.5. The molecule has 2 heterocycles. The fourth-order valence-electron chi connectivity index (χ4n) is 3.54. The van der Waals surface area contributed by atoms with Gasteiger partial charge in [0.2, 0.25) is 12.3 Å². The monoisotopic (exact) mass is 560 g/mol. The first kappa shape index (κ1) is 29.9. The summed E-state index contributed by atoms with van der Waals surface area (Å²) in [5.41, 5.74) is -0.293. The number of amides is 3. The quantitative estimate of drug-likeness (QED) is 0.137. The lowest BCUT2D eigenvalue weighted by atomic mass is 10.1. The number of carbonyl (C=O) groups excluding carboxylic acids is 3. The lowest BCUT2D eigenvalue weighted by Gasteiger charge is -2.18. The maximum Gasteiger partial charge on any atom is 0.369 e. The fourth-order valence-corrected chi connectivity index (χ4v) is 3.54. The molecule has 3 aromatic rings. The number of aromatic nitrogens is 4. The van der Waals surface area contributed by atoms with Gasteiger partial charge in [-0.25, -0.2) is 4.39 Å². The summed E-state index contributed by atoms with van der Waals surface area (Å²) in [6.07, 6.45) is -1.67. The minimum atomic E-state index is -3.56. The van der Waals surface area contributed by atoms with Gasteiger partial charge in [0.25, 0.3) is 5.91 Å². The van der Waals surface area contributed by atoms with Gasteiger partial charge in [-0.3, -0.25) is 24.4 Å². The van der Waals surface area contributed by atoms with Crippen molar-refractivity contribution in [3.63, 3.8) is 0 Å². The van der Waals surface area contributed by atoms with Crippen molar-refractivity contribution in [3.05, 3.63) is 35.8 Å². The summed E-state index contributed by atoms with van der Waals surface area (Å²) in [5.74, 6) is -2.11. The average molecular weight is 561 g/mol. The Hall–Kier alpha value is -4.67. The molecule has 1 aliphatic rings. The number of aryl methyl sites for hydroxylation is 1. The molecule has 16 heteroatoms. The number of carbonyl (C=O) groups is 3. The lowest BCUT2D eigenvalue weighted by molar-refractivity contribution is -0.323. The van der Waals surface area contributed by atoms with E-state index in [9.17, 15) is 18.8 Å². The second-order valence-electron chi connectivity index (χ2n) is 8.30. The molecule has 1 aliphatic carbocycles. The number of ether oxygens (including phenoxy) is 1. The van der Waals surface area contributed by atoms with Gasteiger partial charge < -0.3 is 36.0 Å². The Labute approximate surface area is 227 Å². The van der Waals surface area contributed by atoms with Crippen molar-refractivity contribution in [2.45, 2.75) is 32.8 Å². The van der Waals surface area contributed by atoms with E-state index in [2.05, 4.69) is 31.2 Å². The van der Waals surface area contributed by atoms with E-state index in [1.54, 1.807) is 7.05 Å². The molecule has 214 valence electrons. The fraction of sp³-hybridized carbons (Fsp3) is 0.333. The highest BCUT2D eigenvalue weighted by Gasteiger charge is 2.31. The van der Waals surface area contributed by atoms with Crippen LogP contribution in [0.3, 0.4) is 0 Å². The van der Waals surface area contributed by atoms with Gasteiger partial charge in [0, 0.05) is 36.7 Å². The third kappa shape index (κ3) is 7.25. The predicted octanol–water partition coefficient (Wildman–Crippen LogP) is 1.03. The Morgan fingerprint density at radius 1 is 1.12 bits per heavy atom. The molecule has 1 fully saturated rings.